The summed E-state index contributed by atoms with van der Waals surface area (Å²) < 4.78 is 0. The molecule has 1 aromatic heterocycles. The Labute approximate surface area is 179 Å². The molecule has 0 saturated carbocycles. The van der Waals surface area contributed by atoms with E-state index in [0.29, 0.717) is 12.1 Å². The molecule has 1 aliphatic rings. The van der Waals surface area contributed by atoms with Gasteiger partial charge in [-0.25, -0.2) is 4.98 Å². The maximum absolute atomic E-state index is 12.9. The average molecular weight is 407 g/mol. The van der Waals surface area contributed by atoms with E-state index in [4.69, 9.17) is 5.73 Å². The maximum atomic E-state index is 12.9. The van der Waals surface area contributed by atoms with Gasteiger partial charge in [-0.15, -0.1) is 0 Å². The minimum Gasteiger partial charge on any atom is -0.354 e. The molecule has 0 bridgehead atoms. The lowest BCUT2D eigenvalue weighted by atomic mass is 9.99. The number of hydrogen-bond donors (Lipinski definition) is 4. The number of aromatic nitrogens is 2. The second-order valence-electron chi connectivity index (χ2n) is 7.31. The first-order chi connectivity index (χ1) is 15.2. The molecule has 0 fully saturated rings. The van der Waals surface area contributed by atoms with Crippen LogP contribution in [-0.2, 0) is 11.3 Å². The highest BCUT2D eigenvalue weighted by atomic mass is 16.2. The predicted molar refractivity (Wildman–Crippen MR) is 124 cm³/mol. The van der Waals surface area contributed by atoms with Crippen LogP contribution in [0.15, 0.2) is 85.3 Å². The number of carbonyl (C=O) groups excluding carboxylic acids is 1. The van der Waals surface area contributed by atoms with Crippen LogP contribution in [-0.4, -0.2) is 15.9 Å². The molecule has 6 nitrogen and oxygen atoms in total. The number of fused-ring (bicyclic) bond motifs is 1. The lowest BCUT2D eigenvalue weighted by molar-refractivity contribution is -0.110. The summed E-state index contributed by atoms with van der Waals surface area (Å²) in [7, 11) is 0. The summed E-state index contributed by atoms with van der Waals surface area (Å²) >= 11 is 0. The number of H-pyrrole nitrogens is 1. The van der Waals surface area contributed by atoms with E-state index >= 15 is 0 Å². The largest absolute Gasteiger partial charge is 0.354 e. The van der Waals surface area contributed by atoms with E-state index in [1.54, 1.807) is 6.33 Å². The first-order valence-corrected chi connectivity index (χ1v) is 10.0. The number of rotatable bonds is 5. The zero-order chi connectivity index (χ0) is 21.2. The van der Waals surface area contributed by atoms with Crippen LogP contribution in [0.25, 0.3) is 22.5 Å². The van der Waals surface area contributed by atoms with Gasteiger partial charge in [-0.05, 0) is 29.3 Å². The molecule has 2 heterocycles. The van der Waals surface area contributed by atoms with E-state index in [1.165, 1.54) is 0 Å². The Morgan fingerprint density at radius 2 is 1.74 bits per heavy atom. The van der Waals surface area contributed by atoms with Crippen LogP contribution in [0.2, 0.25) is 0 Å². The molecule has 6 heteroatoms. The molecule has 152 valence electrons. The van der Waals surface area contributed by atoms with Crippen molar-refractivity contribution in [2.24, 2.45) is 5.73 Å². The highest BCUT2D eigenvalue weighted by Crippen LogP contribution is 2.37. The van der Waals surface area contributed by atoms with Gasteiger partial charge in [0.15, 0.2) is 0 Å². The SMILES string of the molecule is NCc1ccc(/C(Nc2ccc(-c3c[nH]cn3)cc2)=C2/C(=O)Nc3ccccc32)cc1. The van der Waals surface area contributed by atoms with Crippen molar-refractivity contribution in [3.05, 3.63) is 102 Å². The number of hydrogen-bond acceptors (Lipinski definition) is 4. The molecule has 1 amide bonds. The summed E-state index contributed by atoms with van der Waals surface area (Å²) in [6.45, 7) is 0.470. The van der Waals surface area contributed by atoms with E-state index in [2.05, 4.69) is 20.6 Å². The summed E-state index contributed by atoms with van der Waals surface area (Å²) in [6.07, 6.45) is 3.51. The van der Waals surface area contributed by atoms with Crippen molar-refractivity contribution in [1.82, 2.24) is 9.97 Å². The van der Waals surface area contributed by atoms with Crippen LogP contribution in [0.5, 0.6) is 0 Å². The number of anilines is 2. The Morgan fingerprint density at radius 3 is 2.45 bits per heavy atom. The number of nitrogens with two attached hydrogens (primary N) is 1. The van der Waals surface area contributed by atoms with Gasteiger partial charge < -0.3 is 21.4 Å². The number of nitrogens with zero attached hydrogens (tertiary/aromatic N) is 1. The Balaban J connectivity index is 1.59. The maximum Gasteiger partial charge on any atom is 0.258 e. The van der Waals surface area contributed by atoms with E-state index in [0.717, 1.165) is 45.0 Å². The van der Waals surface area contributed by atoms with Gasteiger partial charge in [-0.1, -0.05) is 54.6 Å². The quantitative estimate of drug-likeness (QED) is 0.367. The highest BCUT2D eigenvalue weighted by molar-refractivity contribution is 6.37. The first-order valence-electron chi connectivity index (χ1n) is 10.0. The second kappa shape index (κ2) is 7.93. The second-order valence-corrected chi connectivity index (χ2v) is 7.31. The van der Waals surface area contributed by atoms with Crippen LogP contribution >= 0.6 is 0 Å². The number of aromatic amines is 1. The summed E-state index contributed by atoms with van der Waals surface area (Å²) in [6, 6.07) is 23.6. The number of benzene rings is 3. The lowest BCUT2D eigenvalue weighted by Crippen LogP contribution is -2.10. The number of para-hydroxylation sites is 1. The van der Waals surface area contributed by atoms with Crippen LogP contribution in [0.4, 0.5) is 11.4 Å². The lowest BCUT2D eigenvalue weighted by Gasteiger charge is -2.15. The molecule has 1 aliphatic heterocycles. The fourth-order valence-corrected chi connectivity index (χ4v) is 3.74. The normalized spacial score (nSPS) is 14.2. The van der Waals surface area contributed by atoms with Gasteiger partial charge >= 0.3 is 0 Å². The van der Waals surface area contributed by atoms with Crippen LogP contribution in [0.1, 0.15) is 16.7 Å². The summed E-state index contributed by atoms with van der Waals surface area (Å²) in [5.41, 5.74) is 13.5. The van der Waals surface area contributed by atoms with Gasteiger partial charge in [0.1, 0.15) is 0 Å². The standard InChI is InChI=1S/C25H21N5O/c26-13-16-5-7-18(8-6-16)24(23-20-3-1-2-4-21(20)30-25(23)31)29-19-11-9-17(10-12-19)22-14-27-15-28-22/h1-12,14-15,29H,13,26H2,(H,27,28)(H,30,31)/b24-23-. The van der Waals surface area contributed by atoms with Crippen molar-refractivity contribution in [2.75, 3.05) is 10.6 Å². The zero-order valence-electron chi connectivity index (χ0n) is 16.7. The molecule has 4 aromatic rings. The summed E-state index contributed by atoms with van der Waals surface area (Å²) in [5.74, 6) is -0.125. The van der Waals surface area contributed by atoms with Gasteiger partial charge in [0.05, 0.1) is 23.3 Å². The van der Waals surface area contributed by atoms with Crippen molar-refractivity contribution in [3.63, 3.8) is 0 Å². The Hall–Kier alpha value is -4.16. The molecule has 0 aliphatic carbocycles. The van der Waals surface area contributed by atoms with Gasteiger partial charge in [-0.2, -0.15) is 0 Å². The summed E-state index contributed by atoms with van der Waals surface area (Å²) in [4.78, 5) is 20.2. The Kier molecular flexibility index (Phi) is 4.82. The third kappa shape index (κ3) is 3.60. The zero-order valence-corrected chi connectivity index (χ0v) is 16.7. The molecule has 31 heavy (non-hydrogen) atoms. The molecule has 0 unspecified atom stereocenters. The molecule has 0 atom stereocenters. The molecular weight excluding hydrogens is 386 g/mol. The first kappa shape index (κ1) is 18.8. The van der Waals surface area contributed by atoms with Gasteiger partial charge in [0, 0.05) is 35.2 Å². The fraction of sp³-hybridized carbons (Fsp3) is 0.0400. The molecular formula is C25H21N5O. The molecule has 0 saturated heterocycles. The predicted octanol–water partition coefficient (Wildman–Crippen LogP) is 4.47. The van der Waals surface area contributed by atoms with E-state index in [1.807, 2.05) is 79.0 Å². The van der Waals surface area contributed by atoms with Crippen LogP contribution < -0.4 is 16.4 Å². The van der Waals surface area contributed by atoms with E-state index in [-0.39, 0.29) is 5.91 Å². The summed E-state index contributed by atoms with van der Waals surface area (Å²) in [5, 5.41) is 6.44. The van der Waals surface area contributed by atoms with Crippen LogP contribution in [0, 0.1) is 0 Å². The van der Waals surface area contributed by atoms with Crippen molar-refractivity contribution in [3.8, 4) is 11.3 Å². The van der Waals surface area contributed by atoms with E-state index in [9.17, 15) is 4.79 Å². The number of nitrogens with one attached hydrogen (secondary N) is 3. The third-order valence-electron chi connectivity index (χ3n) is 5.35. The number of carbonyl (C=O) groups is 1. The minimum atomic E-state index is -0.125. The fourth-order valence-electron chi connectivity index (χ4n) is 3.74. The average Bonchev–Trinajstić information content (AvgIpc) is 3.46. The van der Waals surface area contributed by atoms with Gasteiger partial charge in [0.2, 0.25) is 0 Å². The molecule has 3 aromatic carbocycles. The third-order valence-corrected chi connectivity index (χ3v) is 5.35. The van der Waals surface area contributed by atoms with Gasteiger partial charge in [-0.3, -0.25) is 4.79 Å². The topological polar surface area (TPSA) is 95.8 Å². The Bertz CT molecular complexity index is 1260. The highest BCUT2D eigenvalue weighted by Gasteiger charge is 2.28. The smallest absolute Gasteiger partial charge is 0.258 e. The molecule has 0 radical (unpaired) electrons. The molecule has 5 N–H and O–H groups in total. The molecule has 5 rings (SSSR count). The van der Waals surface area contributed by atoms with Crippen molar-refractivity contribution >= 4 is 28.6 Å². The Morgan fingerprint density at radius 1 is 0.968 bits per heavy atom. The number of imidazole rings is 1. The van der Waals surface area contributed by atoms with Gasteiger partial charge in [0.25, 0.3) is 5.91 Å². The van der Waals surface area contributed by atoms with E-state index < -0.39 is 0 Å². The minimum absolute atomic E-state index is 0.125. The van der Waals surface area contributed by atoms with Crippen molar-refractivity contribution in [1.29, 1.82) is 0 Å². The number of amides is 1. The van der Waals surface area contributed by atoms with Crippen LogP contribution in [0.3, 0.4) is 0 Å². The molecule has 0 spiro atoms. The van der Waals surface area contributed by atoms with Crippen molar-refractivity contribution < 1.29 is 4.79 Å². The van der Waals surface area contributed by atoms with Crippen molar-refractivity contribution in [2.45, 2.75) is 6.54 Å². The monoisotopic (exact) mass is 407 g/mol.